The smallest absolute Gasteiger partial charge is 0.248 e. The maximum Gasteiger partial charge on any atom is 0.248 e. The van der Waals surface area contributed by atoms with Crippen LogP contribution in [0.1, 0.15) is 37.0 Å². The lowest BCUT2D eigenvalue weighted by Crippen LogP contribution is -2.09. The third-order valence-electron chi connectivity index (χ3n) is 4.72. The van der Waals surface area contributed by atoms with Crippen molar-refractivity contribution in [2.45, 2.75) is 27.2 Å². The van der Waals surface area contributed by atoms with Gasteiger partial charge < -0.3 is 19.5 Å². The number of aromatic nitrogens is 1. The minimum atomic E-state index is -0.266. The monoisotopic (exact) mass is 457 g/mol. The summed E-state index contributed by atoms with van der Waals surface area (Å²) >= 11 is 0. The third-order valence-corrected chi connectivity index (χ3v) is 4.72. The molecule has 0 radical (unpaired) electrons. The molecule has 0 bridgehead atoms. The minimum absolute atomic E-state index is 0.238. The molecule has 1 amide bonds. The number of amides is 1. The van der Waals surface area contributed by atoms with Gasteiger partial charge in [0, 0.05) is 18.0 Å². The molecule has 3 aromatic rings. The van der Waals surface area contributed by atoms with Gasteiger partial charge in [-0.05, 0) is 79.9 Å². The fraction of sp³-hybridized carbons (Fsp3) is 0.222. The number of benzene rings is 2. The number of carbonyl (C=O) groups excluding carboxylic acids is 1. The number of rotatable bonds is 10. The Balaban J connectivity index is 1.66. The number of hydrogen-bond acceptors (Lipinski definition) is 6. The van der Waals surface area contributed by atoms with Crippen LogP contribution >= 0.6 is 0 Å². The number of pyridine rings is 1. The van der Waals surface area contributed by atoms with Crippen LogP contribution < -0.4 is 19.5 Å². The molecule has 0 atom stereocenters. The lowest BCUT2D eigenvalue weighted by atomic mass is 10.1. The van der Waals surface area contributed by atoms with E-state index in [1.54, 1.807) is 42.6 Å². The van der Waals surface area contributed by atoms with Crippen LogP contribution in [0.3, 0.4) is 0 Å². The zero-order valence-corrected chi connectivity index (χ0v) is 19.5. The van der Waals surface area contributed by atoms with E-state index in [0.29, 0.717) is 41.7 Å². The summed E-state index contributed by atoms with van der Waals surface area (Å²) in [5.41, 5.74) is 2.64. The molecule has 1 heterocycles. The van der Waals surface area contributed by atoms with Crippen molar-refractivity contribution in [1.82, 2.24) is 4.98 Å². The van der Waals surface area contributed by atoms with Crippen LogP contribution in [0.15, 0.2) is 60.8 Å². The molecular formula is C27H27N3O4. The Hall–Kier alpha value is -4.31. The van der Waals surface area contributed by atoms with Gasteiger partial charge in [0.1, 0.15) is 17.4 Å². The molecule has 0 spiro atoms. The fourth-order valence-electron chi connectivity index (χ4n) is 3.08. The van der Waals surface area contributed by atoms with Crippen molar-refractivity contribution in [2.24, 2.45) is 0 Å². The number of ether oxygens (including phenoxy) is 3. The molecule has 0 aliphatic rings. The first-order chi connectivity index (χ1) is 16.5. The zero-order valence-electron chi connectivity index (χ0n) is 19.5. The summed E-state index contributed by atoms with van der Waals surface area (Å²) in [4.78, 5) is 16.6. The van der Waals surface area contributed by atoms with Crippen LogP contribution in [-0.4, -0.2) is 24.1 Å². The Kier molecular flexibility index (Phi) is 8.64. The van der Waals surface area contributed by atoms with Gasteiger partial charge in [-0.25, -0.2) is 4.98 Å². The molecule has 1 N–H and O–H groups in total. The lowest BCUT2D eigenvalue weighted by Gasteiger charge is -2.12. The molecule has 0 aliphatic heterocycles. The molecule has 0 aliphatic carbocycles. The first-order valence-corrected chi connectivity index (χ1v) is 11.1. The number of anilines is 1. The highest BCUT2D eigenvalue weighted by molar-refractivity contribution is 6.02. The predicted molar refractivity (Wildman–Crippen MR) is 131 cm³/mol. The van der Waals surface area contributed by atoms with Crippen LogP contribution in [-0.2, 0) is 4.79 Å². The Morgan fingerprint density at radius 3 is 2.71 bits per heavy atom. The van der Waals surface area contributed by atoms with Crippen LogP contribution in [0.2, 0.25) is 0 Å². The standard InChI is InChI=1S/C27H27N3O4/c1-4-15-33-24-12-8-20(17-25(24)32-5-2)9-13-26(31)30-23-11-10-22(16-19(23)3)34-27-21(18-28)7-6-14-29-27/h6-14,16-17H,4-5,15H2,1-3H3,(H,30,31). The number of aryl methyl sites for hydroxylation is 1. The average Bonchev–Trinajstić information content (AvgIpc) is 2.84. The Morgan fingerprint density at radius 2 is 1.97 bits per heavy atom. The summed E-state index contributed by atoms with van der Waals surface area (Å²) in [7, 11) is 0. The summed E-state index contributed by atoms with van der Waals surface area (Å²) in [6.07, 6.45) is 5.66. The zero-order chi connectivity index (χ0) is 24.3. The van der Waals surface area contributed by atoms with Gasteiger partial charge in [-0.15, -0.1) is 0 Å². The van der Waals surface area contributed by atoms with Crippen LogP contribution in [0.4, 0.5) is 5.69 Å². The highest BCUT2D eigenvalue weighted by Gasteiger charge is 2.09. The molecule has 0 saturated heterocycles. The minimum Gasteiger partial charge on any atom is -0.490 e. The van der Waals surface area contributed by atoms with Crippen molar-refractivity contribution in [2.75, 3.05) is 18.5 Å². The van der Waals surface area contributed by atoms with Crippen LogP contribution in [0, 0.1) is 18.3 Å². The molecule has 0 fully saturated rings. The second-order valence-electron chi connectivity index (χ2n) is 7.36. The average molecular weight is 458 g/mol. The van der Waals surface area contributed by atoms with E-state index in [9.17, 15) is 10.1 Å². The topological polar surface area (TPSA) is 93.5 Å². The Labute approximate surface area is 199 Å². The van der Waals surface area contributed by atoms with Crippen molar-refractivity contribution in [3.05, 3.63) is 77.5 Å². The second-order valence-corrected chi connectivity index (χ2v) is 7.36. The molecule has 0 unspecified atom stereocenters. The maximum absolute atomic E-state index is 12.5. The van der Waals surface area contributed by atoms with E-state index >= 15 is 0 Å². The Morgan fingerprint density at radius 1 is 1.12 bits per heavy atom. The summed E-state index contributed by atoms with van der Waals surface area (Å²) in [6, 6.07) is 16.2. The number of carbonyl (C=O) groups is 1. The molecule has 7 heteroatoms. The summed E-state index contributed by atoms with van der Waals surface area (Å²) in [5.74, 6) is 1.84. The molecule has 2 aromatic carbocycles. The number of nitrogens with one attached hydrogen (secondary N) is 1. The van der Waals surface area contributed by atoms with Gasteiger partial charge in [0.05, 0.1) is 13.2 Å². The summed E-state index contributed by atoms with van der Waals surface area (Å²) in [5, 5.41) is 12.0. The fourth-order valence-corrected chi connectivity index (χ4v) is 3.08. The highest BCUT2D eigenvalue weighted by Crippen LogP contribution is 2.29. The number of nitrogens with zero attached hydrogens (tertiary/aromatic N) is 2. The van der Waals surface area contributed by atoms with Crippen molar-refractivity contribution >= 4 is 17.7 Å². The van der Waals surface area contributed by atoms with E-state index in [2.05, 4.69) is 16.4 Å². The van der Waals surface area contributed by atoms with Crippen LogP contribution in [0.25, 0.3) is 6.08 Å². The normalized spacial score (nSPS) is 10.5. The van der Waals surface area contributed by atoms with Crippen molar-refractivity contribution in [3.8, 4) is 29.2 Å². The summed E-state index contributed by atoms with van der Waals surface area (Å²) < 4.78 is 17.1. The van der Waals surface area contributed by atoms with E-state index in [4.69, 9.17) is 14.2 Å². The SMILES string of the molecule is CCCOc1ccc(C=CC(=O)Nc2ccc(Oc3ncccc3C#N)cc2C)cc1OCC. The van der Waals surface area contributed by atoms with Gasteiger partial charge in [-0.3, -0.25) is 4.79 Å². The summed E-state index contributed by atoms with van der Waals surface area (Å²) in [6.45, 7) is 6.95. The molecule has 7 nitrogen and oxygen atoms in total. The lowest BCUT2D eigenvalue weighted by molar-refractivity contribution is -0.111. The van der Waals surface area contributed by atoms with Crippen molar-refractivity contribution in [1.29, 1.82) is 5.26 Å². The molecule has 1 aromatic heterocycles. The quantitative estimate of drug-likeness (QED) is 0.381. The molecule has 34 heavy (non-hydrogen) atoms. The Bertz CT molecular complexity index is 1210. The van der Waals surface area contributed by atoms with Gasteiger partial charge in [0.15, 0.2) is 11.5 Å². The molecule has 174 valence electrons. The second kappa shape index (κ2) is 12.1. The number of hydrogen-bond donors (Lipinski definition) is 1. The third kappa shape index (κ3) is 6.59. The first-order valence-electron chi connectivity index (χ1n) is 11.1. The predicted octanol–water partition coefficient (Wildman–Crippen LogP) is 5.89. The van der Waals surface area contributed by atoms with Crippen molar-refractivity contribution < 1.29 is 19.0 Å². The first kappa shape index (κ1) is 24.3. The van der Waals surface area contributed by atoms with E-state index in [-0.39, 0.29) is 11.8 Å². The van der Waals surface area contributed by atoms with E-state index < -0.39 is 0 Å². The molecule has 3 rings (SSSR count). The van der Waals surface area contributed by atoms with E-state index in [1.165, 1.54) is 6.08 Å². The van der Waals surface area contributed by atoms with Gasteiger partial charge in [0.25, 0.3) is 0 Å². The largest absolute Gasteiger partial charge is 0.490 e. The van der Waals surface area contributed by atoms with E-state index in [0.717, 1.165) is 17.5 Å². The maximum atomic E-state index is 12.5. The van der Waals surface area contributed by atoms with Gasteiger partial charge in [-0.2, -0.15) is 5.26 Å². The molecule has 0 saturated carbocycles. The van der Waals surface area contributed by atoms with Crippen LogP contribution in [0.5, 0.6) is 23.1 Å². The van der Waals surface area contributed by atoms with Gasteiger partial charge in [0.2, 0.25) is 11.8 Å². The van der Waals surface area contributed by atoms with Gasteiger partial charge in [-0.1, -0.05) is 13.0 Å². The van der Waals surface area contributed by atoms with E-state index in [1.807, 2.05) is 39.0 Å². The molecular weight excluding hydrogens is 430 g/mol. The van der Waals surface area contributed by atoms with Crippen molar-refractivity contribution in [3.63, 3.8) is 0 Å². The highest BCUT2D eigenvalue weighted by atomic mass is 16.5. The van der Waals surface area contributed by atoms with Gasteiger partial charge >= 0.3 is 0 Å². The number of nitriles is 1.